The van der Waals surface area contributed by atoms with E-state index in [2.05, 4.69) is 39.8 Å². The van der Waals surface area contributed by atoms with Crippen molar-refractivity contribution in [2.75, 3.05) is 41.6 Å². The molecule has 17 heteroatoms. The number of rotatable bonds is 22. The third-order valence-corrected chi connectivity index (χ3v) is 9.82. The van der Waals surface area contributed by atoms with Gasteiger partial charge in [0.15, 0.2) is 19.5 Å². The number of hydrazine groups is 2. The van der Waals surface area contributed by atoms with Crippen LogP contribution in [0.5, 0.6) is 5.75 Å². The fourth-order valence-electron chi connectivity index (χ4n) is 4.76. The summed E-state index contributed by atoms with van der Waals surface area (Å²) in [7, 11) is -4.42. The fourth-order valence-corrected chi connectivity index (χ4v) is 7.41. The Morgan fingerprint density at radius 2 is 1.70 bits per heavy atom. The zero-order valence-electron chi connectivity index (χ0n) is 25.6. The number of carbonyl (C=O) groups is 1. The zero-order chi connectivity index (χ0) is 34.2. The molecule has 47 heavy (non-hydrogen) atoms. The first-order valence-corrected chi connectivity index (χ1v) is 18.1. The van der Waals surface area contributed by atoms with Gasteiger partial charge in [0, 0.05) is 36.2 Å². The lowest BCUT2D eigenvalue weighted by Crippen LogP contribution is -2.81. The fraction of sp³-hybridized carbons (Fsp3) is 0.367. The highest BCUT2D eigenvalue weighted by molar-refractivity contribution is 7.87. The molecule has 2 aromatic carbocycles. The lowest BCUT2D eigenvalue weighted by Gasteiger charge is -2.23. The first kappa shape index (κ1) is 37.5. The molecule has 0 saturated heterocycles. The third-order valence-electron chi connectivity index (χ3n) is 7.06. The molecule has 0 aliphatic heterocycles. The van der Waals surface area contributed by atoms with Gasteiger partial charge in [0.25, 0.3) is 5.91 Å². The van der Waals surface area contributed by atoms with E-state index in [4.69, 9.17) is 27.4 Å². The maximum Gasteiger partial charge on any atom is 0.328 e. The molecule has 5 N–H and O–H groups in total. The zero-order valence-corrected chi connectivity index (χ0v) is 28.8. The number of unbranched alkanes of at least 4 members (excludes halogenated alkanes) is 1. The summed E-state index contributed by atoms with van der Waals surface area (Å²) in [5.41, 5.74) is 7.62. The van der Waals surface area contributed by atoms with Crippen molar-refractivity contribution >= 4 is 80.4 Å². The van der Waals surface area contributed by atoms with E-state index in [1.165, 1.54) is 23.6 Å². The van der Waals surface area contributed by atoms with Crippen LogP contribution in [0.4, 0.5) is 16.4 Å². The number of carbonyl (C=O) groups excluding carboxylic acids is 1. The summed E-state index contributed by atoms with van der Waals surface area (Å²) in [6.45, 7) is 8.83. The van der Waals surface area contributed by atoms with E-state index in [1.807, 2.05) is 4.90 Å². The Morgan fingerprint density at radius 3 is 2.30 bits per heavy atom. The second kappa shape index (κ2) is 19.0. The van der Waals surface area contributed by atoms with Crippen molar-refractivity contribution in [3.63, 3.8) is 0 Å². The molecule has 0 radical (unpaired) electrons. The van der Waals surface area contributed by atoms with E-state index in [-0.39, 0.29) is 28.6 Å². The van der Waals surface area contributed by atoms with Gasteiger partial charge < -0.3 is 14.4 Å². The number of thiophene rings is 1. The molecule has 0 spiro atoms. The van der Waals surface area contributed by atoms with Crippen LogP contribution in [0, 0.1) is 10.1 Å². The number of hydrazone groups is 2. The quantitative estimate of drug-likeness (QED) is 0.0258. The number of hydrogen-bond acceptors (Lipinski definition) is 10. The van der Waals surface area contributed by atoms with Crippen molar-refractivity contribution in [2.45, 2.75) is 37.0 Å². The molecule has 0 fully saturated rings. The van der Waals surface area contributed by atoms with Crippen LogP contribution >= 0.6 is 34.5 Å². The lowest BCUT2D eigenvalue weighted by atomic mass is 10.0. The van der Waals surface area contributed by atoms with E-state index in [0.717, 1.165) is 29.9 Å². The molecular weight excluding hydrogens is 689 g/mol. The predicted molar refractivity (Wildman–Crippen MR) is 187 cm³/mol. The number of nitro groups is 1. The van der Waals surface area contributed by atoms with Crippen molar-refractivity contribution in [1.82, 2.24) is 10.9 Å². The van der Waals surface area contributed by atoms with Crippen molar-refractivity contribution in [1.29, 1.82) is 0 Å². The highest BCUT2D eigenvalue weighted by atomic mass is 35.5. The minimum atomic E-state index is -4.42. The standard InChI is InChI=1S/C30H37Cl2N7O6S2/c1-33-35-17-4-3-5-27(37-34-2)29(40)36-23-8-6-22(7-9-23)21-28(26-14-20-46-30(26)39(41)42)47(43,44)45-25-12-10-24(11-13-25)38(18-15-31)19-16-32/h6-14,20,27-28,35,37H,1-5,15-19,21H2,(H,36,40)/p+2/t27-,28?/m0/s1. The summed E-state index contributed by atoms with van der Waals surface area (Å²) in [5, 5.41) is 19.6. The molecule has 1 amide bonds. The summed E-state index contributed by atoms with van der Waals surface area (Å²) < 4.78 is 33.0. The Morgan fingerprint density at radius 1 is 1.02 bits per heavy atom. The van der Waals surface area contributed by atoms with Crippen molar-refractivity contribution in [3.8, 4) is 5.75 Å². The van der Waals surface area contributed by atoms with Crippen LogP contribution in [0.25, 0.3) is 0 Å². The molecule has 0 aliphatic carbocycles. The summed E-state index contributed by atoms with van der Waals surface area (Å²) in [4.78, 5) is 26.1. The van der Waals surface area contributed by atoms with Crippen molar-refractivity contribution in [3.05, 3.63) is 81.2 Å². The molecule has 1 heterocycles. The van der Waals surface area contributed by atoms with E-state index in [1.54, 1.807) is 36.4 Å². The smallest absolute Gasteiger partial charge is 0.328 e. The molecule has 1 aromatic heterocycles. The molecule has 3 rings (SSSR count). The second-order valence-corrected chi connectivity index (χ2v) is 13.6. The maximum atomic E-state index is 13.7. The van der Waals surface area contributed by atoms with E-state index < -0.39 is 26.3 Å². The molecule has 1 unspecified atom stereocenters. The molecule has 254 valence electrons. The Balaban J connectivity index is 1.79. The SMILES string of the molecule is C=[NH+]NCCCC[C@H](N[NH+]=C)C(=O)Nc1ccc(CC(c2ccsc2[N+](=O)[O-])S(=O)(=O)Oc2ccc(N(CCCl)CCCl)cc2)cc1. The van der Waals surface area contributed by atoms with Crippen LogP contribution in [-0.2, 0) is 21.3 Å². The monoisotopic (exact) mass is 727 g/mol. The molecule has 13 nitrogen and oxygen atoms in total. The van der Waals surface area contributed by atoms with Gasteiger partial charge in [-0.15, -0.1) is 33.4 Å². The van der Waals surface area contributed by atoms with Crippen LogP contribution in [-0.4, -0.2) is 70.1 Å². The number of hydrogen-bond donors (Lipinski definition) is 5. The minimum Gasteiger partial charge on any atom is -0.382 e. The van der Waals surface area contributed by atoms with E-state index in [0.29, 0.717) is 49.1 Å². The topological polar surface area (TPSA) is 171 Å². The van der Waals surface area contributed by atoms with Crippen LogP contribution in [0.3, 0.4) is 0 Å². The number of nitrogens with one attached hydrogen (secondary N) is 5. The number of alkyl halides is 2. The Bertz CT molecular complexity index is 1570. The van der Waals surface area contributed by atoms with Gasteiger partial charge in [-0.3, -0.25) is 14.9 Å². The summed E-state index contributed by atoms with van der Waals surface area (Å²) in [6, 6.07) is 13.9. The van der Waals surface area contributed by atoms with Gasteiger partial charge >= 0.3 is 15.1 Å². The molecule has 2 atom stereocenters. The number of anilines is 2. The number of amides is 1. The predicted octanol–water partition coefficient (Wildman–Crippen LogP) is 1.68. The van der Waals surface area contributed by atoms with Crippen LogP contribution in [0.15, 0.2) is 60.0 Å². The average molecular weight is 729 g/mol. The number of benzene rings is 2. The third kappa shape index (κ3) is 11.4. The van der Waals surface area contributed by atoms with Gasteiger partial charge in [-0.1, -0.05) is 23.5 Å². The molecule has 3 aromatic rings. The Kier molecular flexibility index (Phi) is 15.2. The molecular formula is C30H39Cl2N7O6S2+2. The minimum absolute atomic E-state index is 0.0279. The summed E-state index contributed by atoms with van der Waals surface area (Å²) in [6.07, 6.45) is 2.02. The first-order chi connectivity index (χ1) is 22.6. The normalized spacial score (nSPS) is 12.4. The maximum absolute atomic E-state index is 13.7. The molecule has 0 bridgehead atoms. The van der Waals surface area contributed by atoms with Gasteiger partial charge in [0.05, 0.1) is 17.0 Å². The van der Waals surface area contributed by atoms with Crippen LogP contribution in [0.2, 0.25) is 0 Å². The van der Waals surface area contributed by atoms with Crippen molar-refractivity contribution < 1.29 is 32.5 Å². The van der Waals surface area contributed by atoms with E-state index in [9.17, 15) is 23.3 Å². The van der Waals surface area contributed by atoms with Crippen LogP contribution < -0.4 is 35.5 Å². The summed E-state index contributed by atoms with van der Waals surface area (Å²) >= 11 is 12.6. The van der Waals surface area contributed by atoms with Gasteiger partial charge in [-0.25, -0.2) is 5.43 Å². The van der Waals surface area contributed by atoms with Crippen LogP contribution in [0.1, 0.15) is 35.6 Å². The lowest BCUT2D eigenvalue weighted by molar-refractivity contribution is -0.522. The second-order valence-electron chi connectivity index (χ2n) is 10.2. The van der Waals surface area contributed by atoms with Gasteiger partial charge in [-0.05, 0) is 79.1 Å². The number of nitrogens with zero attached hydrogens (tertiary/aromatic N) is 2. The first-order valence-electron chi connectivity index (χ1n) is 14.7. The average Bonchev–Trinajstić information content (AvgIpc) is 3.54. The summed E-state index contributed by atoms with van der Waals surface area (Å²) in [5.74, 6) is 0.552. The van der Waals surface area contributed by atoms with Gasteiger partial charge in [0.2, 0.25) is 0 Å². The Hall–Kier alpha value is -3.92. The number of halogens is 2. The highest BCUT2D eigenvalue weighted by Gasteiger charge is 2.36. The van der Waals surface area contributed by atoms with Gasteiger partial charge in [-0.2, -0.15) is 13.8 Å². The highest BCUT2D eigenvalue weighted by Crippen LogP contribution is 2.38. The van der Waals surface area contributed by atoms with Crippen molar-refractivity contribution in [2.24, 2.45) is 0 Å². The van der Waals surface area contributed by atoms with Gasteiger partial charge in [0.1, 0.15) is 11.0 Å². The van der Waals surface area contributed by atoms with E-state index >= 15 is 0 Å². The molecule has 0 saturated carbocycles. The Labute approximate surface area is 288 Å². The largest absolute Gasteiger partial charge is 0.382 e. The molecule has 0 aliphatic rings.